The number of carbonyl (C=O) groups is 1. The zero-order valence-electron chi connectivity index (χ0n) is 9.67. The van der Waals surface area contributed by atoms with Gasteiger partial charge in [-0.3, -0.25) is 4.79 Å². The summed E-state index contributed by atoms with van der Waals surface area (Å²) in [6.45, 7) is 1.14. The summed E-state index contributed by atoms with van der Waals surface area (Å²) in [6.07, 6.45) is -1.42. The molecule has 0 radical (unpaired) electrons. The number of carboxylic acid groups (broad SMARTS) is 1. The number of aliphatic carboxylic acids is 1. The molecule has 0 bridgehead atoms. The number of benzene rings is 1. The van der Waals surface area contributed by atoms with Crippen molar-refractivity contribution in [2.75, 3.05) is 0 Å². The van der Waals surface area contributed by atoms with E-state index in [1.807, 2.05) is 4.72 Å². The number of aliphatic hydroxyl groups excluding tert-OH is 1. The molecule has 2 atom stereocenters. The van der Waals surface area contributed by atoms with E-state index in [0.29, 0.717) is 0 Å². The van der Waals surface area contributed by atoms with Crippen molar-refractivity contribution in [2.24, 2.45) is 0 Å². The van der Waals surface area contributed by atoms with Gasteiger partial charge in [-0.2, -0.15) is 4.72 Å². The van der Waals surface area contributed by atoms with E-state index in [0.717, 1.165) is 25.1 Å². The van der Waals surface area contributed by atoms with Gasteiger partial charge in [0.15, 0.2) is 0 Å². The molecule has 0 heterocycles. The Kier molecular flexibility index (Phi) is 5.02. The molecule has 0 aliphatic heterocycles. The summed E-state index contributed by atoms with van der Waals surface area (Å²) in [6, 6.07) is 1.16. The maximum atomic E-state index is 12.9. The van der Waals surface area contributed by atoms with Crippen LogP contribution in [-0.4, -0.2) is 36.7 Å². The van der Waals surface area contributed by atoms with Crippen LogP contribution >= 0.6 is 15.9 Å². The van der Waals surface area contributed by atoms with Crippen molar-refractivity contribution in [3.63, 3.8) is 0 Å². The molecular formula is C10H11BrFNO5S. The molecule has 0 fully saturated rings. The zero-order valence-corrected chi connectivity index (χ0v) is 12.1. The molecule has 0 saturated heterocycles. The molecule has 0 spiro atoms. The van der Waals surface area contributed by atoms with E-state index >= 15 is 0 Å². The highest BCUT2D eigenvalue weighted by atomic mass is 79.9. The summed E-state index contributed by atoms with van der Waals surface area (Å²) in [7, 11) is -4.20. The van der Waals surface area contributed by atoms with Crippen molar-refractivity contribution in [1.82, 2.24) is 4.72 Å². The lowest BCUT2D eigenvalue weighted by Gasteiger charge is -2.17. The van der Waals surface area contributed by atoms with Gasteiger partial charge in [0.05, 0.1) is 11.0 Å². The van der Waals surface area contributed by atoms with E-state index in [-0.39, 0.29) is 9.37 Å². The van der Waals surface area contributed by atoms with Crippen molar-refractivity contribution in [1.29, 1.82) is 0 Å². The largest absolute Gasteiger partial charge is 0.480 e. The number of sulfonamides is 1. The van der Waals surface area contributed by atoms with E-state index < -0.39 is 34.0 Å². The summed E-state index contributed by atoms with van der Waals surface area (Å²) < 4.78 is 38.6. The van der Waals surface area contributed by atoms with Crippen LogP contribution in [0, 0.1) is 5.82 Å². The second kappa shape index (κ2) is 5.95. The van der Waals surface area contributed by atoms with E-state index in [1.54, 1.807) is 0 Å². The maximum absolute atomic E-state index is 12.9. The van der Waals surface area contributed by atoms with Gasteiger partial charge in [0, 0.05) is 4.47 Å². The summed E-state index contributed by atoms with van der Waals surface area (Å²) in [5, 5.41) is 18.0. The van der Waals surface area contributed by atoms with Crippen LogP contribution in [0.4, 0.5) is 4.39 Å². The fraction of sp³-hybridized carbons (Fsp3) is 0.300. The van der Waals surface area contributed by atoms with Crippen LogP contribution in [0.25, 0.3) is 0 Å². The first-order chi connectivity index (χ1) is 8.65. The Labute approximate surface area is 117 Å². The molecule has 0 saturated carbocycles. The lowest BCUT2D eigenvalue weighted by molar-refractivity contribution is -0.141. The lowest BCUT2D eigenvalue weighted by Crippen LogP contribution is -2.47. The minimum Gasteiger partial charge on any atom is -0.480 e. The first-order valence-corrected chi connectivity index (χ1v) is 7.31. The van der Waals surface area contributed by atoms with Crippen molar-refractivity contribution in [3.8, 4) is 0 Å². The fourth-order valence-corrected chi connectivity index (χ4v) is 3.59. The molecular weight excluding hydrogens is 345 g/mol. The molecule has 19 heavy (non-hydrogen) atoms. The minimum absolute atomic E-state index is 0.0465. The number of aliphatic hydroxyl groups is 1. The maximum Gasteiger partial charge on any atom is 0.324 e. The van der Waals surface area contributed by atoms with Crippen LogP contribution in [0.2, 0.25) is 0 Å². The minimum atomic E-state index is -4.20. The molecule has 1 rings (SSSR count). The third-order valence-electron chi connectivity index (χ3n) is 2.21. The van der Waals surface area contributed by atoms with Crippen molar-refractivity contribution >= 4 is 31.9 Å². The fourth-order valence-electron chi connectivity index (χ4n) is 1.28. The van der Waals surface area contributed by atoms with Crippen molar-refractivity contribution < 1.29 is 27.8 Å². The predicted octanol–water partition coefficient (Wildman–Crippen LogP) is 0.700. The molecule has 0 aromatic heterocycles. The number of nitrogens with one attached hydrogen (secondary N) is 1. The average molecular weight is 356 g/mol. The molecule has 1 aromatic carbocycles. The van der Waals surface area contributed by atoms with Crippen LogP contribution in [-0.2, 0) is 14.8 Å². The highest BCUT2D eigenvalue weighted by molar-refractivity contribution is 9.10. The summed E-state index contributed by atoms with van der Waals surface area (Å²) >= 11 is 2.88. The molecule has 6 nitrogen and oxygen atoms in total. The highest BCUT2D eigenvalue weighted by Gasteiger charge is 2.30. The van der Waals surface area contributed by atoms with Crippen LogP contribution in [0.3, 0.4) is 0 Å². The SMILES string of the molecule is C[C@@H](O)[C@H](NS(=O)(=O)c1ccc(F)cc1Br)C(=O)O. The predicted molar refractivity (Wildman–Crippen MR) is 67.5 cm³/mol. The van der Waals surface area contributed by atoms with Gasteiger partial charge in [-0.05, 0) is 41.1 Å². The lowest BCUT2D eigenvalue weighted by atomic mass is 10.2. The Balaban J connectivity index is 3.14. The van der Waals surface area contributed by atoms with E-state index in [9.17, 15) is 22.7 Å². The molecule has 1 aromatic rings. The van der Waals surface area contributed by atoms with Gasteiger partial charge < -0.3 is 10.2 Å². The smallest absolute Gasteiger partial charge is 0.324 e. The van der Waals surface area contributed by atoms with Gasteiger partial charge in [-0.25, -0.2) is 12.8 Å². The van der Waals surface area contributed by atoms with Crippen LogP contribution in [0.5, 0.6) is 0 Å². The van der Waals surface area contributed by atoms with Gasteiger partial charge in [0.2, 0.25) is 10.0 Å². The Bertz CT molecular complexity index is 590. The Hall–Kier alpha value is -1.03. The third-order valence-corrected chi connectivity index (χ3v) is 4.63. The standard InChI is InChI=1S/C10H11BrFNO5S/c1-5(14)9(10(15)16)13-19(17,18)8-3-2-6(12)4-7(8)11/h2-5,9,13-14H,1H3,(H,15,16)/t5-,9+/m1/s1. The van der Waals surface area contributed by atoms with E-state index in [2.05, 4.69) is 15.9 Å². The topological polar surface area (TPSA) is 104 Å². The molecule has 106 valence electrons. The van der Waals surface area contributed by atoms with Gasteiger partial charge in [0.1, 0.15) is 11.9 Å². The van der Waals surface area contributed by atoms with E-state index in [4.69, 9.17) is 5.11 Å². The summed E-state index contributed by atoms with van der Waals surface area (Å²) in [5.41, 5.74) is 0. The Morgan fingerprint density at radius 1 is 1.47 bits per heavy atom. The van der Waals surface area contributed by atoms with Crippen LogP contribution in [0.15, 0.2) is 27.6 Å². The van der Waals surface area contributed by atoms with Crippen LogP contribution < -0.4 is 4.72 Å². The zero-order chi connectivity index (χ0) is 14.8. The van der Waals surface area contributed by atoms with Gasteiger partial charge in [-0.1, -0.05) is 0 Å². The molecule has 0 amide bonds. The summed E-state index contributed by atoms with van der Waals surface area (Å²) in [4.78, 5) is 10.5. The van der Waals surface area contributed by atoms with Gasteiger partial charge in [0.25, 0.3) is 0 Å². The second-order valence-corrected chi connectivity index (χ2v) is 6.29. The number of rotatable bonds is 5. The highest BCUT2D eigenvalue weighted by Crippen LogP contribution is 2.23. The Morgan fingerprint density at radius 3 is 2.47 bits per heavy atom. The van der Waals surface area contributed by atoms with Crippen molar-refractivity contribution in [2.45, 2.75) is 24.0 Å². The summed E-state index contributed by atoms with van der Waals surface area (Å²) in [5.74, 6) is -2.16. The first-order valence-electron chi connectivity index (χ1n) is 5.03. The number of hydrogen-bond acceptors (Lipinski definition) is 4. The van der Waals surface area contributed by atoms with Crippen molar-refractivity contribution in [3.05, 3.63) is 28.5 Å². The third kappa shape index (κ3) is 3.96. The molecule has 3 N–H and O–H groups in total. The molecule has 0 aliphatic carbocycles. The molecule has 9 heteroatoms. The van der Waals surface area contributed by atoms with Crippen LogP contribution in [0.1, 0.15) is 6.92 Å². The number of hydrogen-bond donors (Lipinski definition) is 3. The average Bonchev–Trinajstić information content (AvgIpc) is 2.24. The molecule has 0 unspecified atom stereocenters. The van der Waals surface area contributed by atoms with E-state index in [1.165, 1.54) is 0 Å². The second-order valence-electron chi connectivity index (χ2n) is 3.75. The first kappa shape index (κ1) is 16.0. The number of halogens is 2. The quantitative estimate of drug-likeness (QED) is 0.721. The normalized spacial score (nSPS) is 14.9. The van der Waals surface area contributed by atoms with Gasteiger partial charge in [-0.15, -0.1) is 0 Å². The molecule has 0 aliphatic rings. The Morgan fingerprint density at radius 2 is 2.05 bits per heavy atom. The van der Waals surface area contributed by atoms with Gasteiger partial charge >= 0.3 is 5.97 Å². The number of carboxylic acids is 1. The monoisotopic (exact) mass is 355 g/mol.